The third-order valence-corrected chi connectivity index (χ3v) is 5.99. The number of aliphatic hydroxyl groups is 1. The molecule has 2 aromatic carbocycles. The van der Waals surface area contributed by atoms with Crippen molar-refractivity contribution in [2.24, 2.45) is 0 Å². The first-order valence-corrected chi connectivity index (χ1v) is 10.2. The molecule has 0 aromatic heterocycles. The highest BCUT2D eigenvalue weighted by Crippen LogP contribution is 2.25. The molecule has 0 bridgehead atoms. The summed E-state index contributed by atoms with van der Waals surface area (Å²) in [7, 11) is 0. The highest BCUT2D eigenvalue weighted by molar-refractivity contribution is 5.95. The molecule has 2 aromatic rings. The van der Waals surface area contributed by atoms with Crippen LogP contribution in [0.3, 0.4) is 0 Å². The maximum atomic E-state index is 14.1. The van der Waals surface area contributed by atoms with Crippen molar-refractivity contribution >= 4 is 5.91 Å². The number of aliphatic hydroxyl groups excluding tert-OH is 1. The zero-order valence-corrected chi connectivity index (χ0v) is 16.1. The molecule has 2 aliphatic rings. The average molecular weight is 382 g/mol. The predicted octanol–water partition coefficient (Wildman–Crippen LogP) is 3.55. The second-order valence-electron chi connectivity index (χ2n) is 7.88. The molecule has 1 N–H and O–H groups in total. The number of amides is 1. The lowest BCUT2D eigenvalue weighted by molar-refractivity contribution is 0.0241. The third-order valence-electron chi connectivity index (χ3n) is 5.99. The first-order valence-electron chi connectivity index (χ1n) is 10.2. The molecule has 2 heterocycles. The van der Waals surface area contributed by atoms with Gasteiger partial charge in [0.2, 0.25) is 0 Å². The Labute approximate surface area is 165 Å². The second kappa shape index (κ2) is 8.41. The van der Waals surface area contributed by atoms with Gasteiger partial charge in [-0.25, -0.2) is 4.39 Å². The third kappa shape index (κ3) is 4.10. The number of piperidine rings is 2. The van der Waals surface area contributed by atoms with Crippen molar-refractivity contribution in [3.63, 3.8) is 0 Å². The minimum Gasteiger partial charge on any atom is -0.392 e. The van der Waals surface area contributed by atoms with Gasteiger partial charge in [0.25, 0.3) is 5.91 Å². The van der Waals surface area contributed by atoms with Crippen molar-refractivity contribution < 1.29 is 14.3 Å². The van der Waals surface area contributed by atoms with Crippen molar-refractivity contribution in [3.05, 3.63) is 59.9 Å². The number of β-amino-alcohol motifs (C(OH)–C–C–N with tert-alkyl or cyclic N) is 1. The molecule has 0 radical (unpaired) electrons. The van der Waals surface area contributed by atoms with E-state index in [0.717, 1.165) is 57.4 Å². The van der Waals surface area contributed by atoms with Gasteiger partial charge in [0.05, 0.1) is 6.10 Å². The van der Waals surface area contributed by atoms with Crippen molar-refractivity contribution in [2.45, 2.75) is 37.8 Å². The van der Waals surface area contributed by atoms with Gasteiger partial charge in [0, 0.05) is 36.8 Å². The SMILES string of the molecule is O=C(c1cccc(-c2ccccc2F)c1)N1CCC(N2CCC[C@H](O)C2)CC1. The van der Waals surface area contributed by atoms with Gasteiger partial charge < -0.3 is 10.0 Å². The van der Waals surface area contributed by atoms with Crippen LogP contribution in [0.4, 0.5) is 4.39 Å². The molecule has 1 amide bonds. The van der Waals surface area contributed by atoms with Gasteiger partial charge in [-0.15, -0.1) is 0 Å². The Morgan fingerprint density at radius 3 is 2.54 bits per heavy atom. The summed E-state index contributed by atoms with van der Waals surface area (Å²) in [5, 5.41) is 9.91. The van der Waals surface area contributed by atoms with Gasteiger partial charge in [-0.3, -0.25) is 9.69 Å². The lowest BCUT2D eigenvalue weighted by Gasteiger charge is -2.41. The normalized spacial score (nSPS) is 21.6. The van der Waals surface area contributed by atoms with E-state index >= 15 is 0 Å². The molecule has 1 atom stereocenters. The van der Waals surface area contributed by atoms with E-state index in [0.29, 0.717) is 17.2 Å². The highest BCUT2D eigenvalue weighted by Gasteiger charge is 2.30. The molecule has 0 saturated carbocycles. The van der Waals surface area contributed by atoms with Crippen LogP contribution in [-0.4, -0.2) is 59.1 Å². The van der Waals surface area contributed by atoms with E-state index < -0.39 is 0 Å². The number of halogens is 1. The first kappa shape index (κ1) is 19.1. The summed E-state index contributed by atoms with van der Waals surface area (Å²) in [6, 6.07) is 14.3. The fourth-order valence-electron chi connectivity index (χ4n) is 4.45. The number of carbonyl (C=O) groups is 1. The van der Waals surface area contributed by atoms with Gasteiger partial charge in [0.1, 0.15) is 5.82 Å². The van der Waals surface area contributed by atoms with Crippen molar-refractivity contribution in [1.29, 1.82) is 0 Å². The molecule has 4 rings (SSSR count). The van der Waals surface area contributed by atoms with Crippen LogP contribution in [0.15, 0.2) is 48.5 Å². The number of likely N-dealkylation sites (tertiary alicyclic amines) is 2. The smallest absolute Gasteiger partial charge is 0.253 e. The molecular weight excluding hydrogens is 355 g/mol. The number of hydrogen-bond donors (Lipinski definition) is 1. The maximum Gasteiger partial charge on any atom is 0.253 e. The van der Waals surface area contributed by atoms with Gasteiger partial charge in [0.15, 0.2) is 0 Å². The van der Waals surface area contributed by atoms with E-state index in [9.17, 15) is 14.3 Å². The summed E-state index contributed by atoms with van der Waals surface area (Å²) in [6.07, 6.45) is 3.60. The van der Waals surface area contributed by atoms with Gasteiger partial charge >= 0.3 is 0 Å². The predicted molar refractivity (Wildman–Crippen MR) is 108 cm³/mol. The van der Waals surface area contributed by atoms with Crippen LogP contribution in [0.25, 0.3) is 11.1 Å². The van der Waals surface area contributed by atoms with Crippen LogP contribution in [0, 0.1) is 5.82 Å². The zero-order valence-electron chi connectivity index (χ0n) is 16.1. The van der Waals surface area contributed by atoms with Crippen molar-refractivity contribution in [3.8, 4) is 11.1 Å². The van der Waals surface area contributed by atoms with E-state index in [1.165, 1.54) is 6.07 Å². The molecule has 28 heavy (non-hydrogen) atoms. The van der Waals surface area contributed by atoms with E-state index in [4.69, 9.17) is 0 Å². The lowest BCUT2D eigenvalue weighted by atomic mass is 9.98. The van der Waals surface area contributed by atoms with Crippen LogP contribution in [0.1, 0.15) is 36.0 Å². The van der Waals surface area contributed by atoms with Gasteiger partial charge in [-0.05, 0) is 56.0 Å². The van der Waals surface area contributed by atoms with Crippen LogP contribution in [0.2, 0.25) is 0 Å². The summed E-state index contributed by atoms with van der Waals surface area (Å²) in [6.45, 7) is 3.24. The Bertz CT molecular complexity index is 833. The molecule has 2 fully saturated rings. The minimum atomic E-state index is -0.281. The highest BCUT2D eigenvalue weighted by atomic mass is 19.1. The monoisotopic (exact) mass is 382 g/mol. The quantitative estimate of drug-likeness (QED) is 0.883. The number of rotatable bonds is 3. The fourth-order valence-corrected chi connectivity index (χ4v) is 4.45. The molecule has 2 saturated heterocycles. The van der Waals surface area contributed by atoms with E-state index in [-0.39, 0.29) is 17.8 Å². The summed E-state index contributed by atoms with van der Waals surface area (Å²) in [5.74, 6) is -0.271. The molecule has 4 nitrogen and oxygen atoms in total. The number of carbonyl (C=O) groups excluding carboxylic acids is 1. The average Bonchev–Trinajstić information content (AvgIpc) is 2.74. The molecule has 0 spiro atoms. The summed E-state index contributed by atoms with van der Waals surface area (Å²) < 4.78 is 14.1. The van der Waals surface area contributed by atoms with Crippen LogP contribution >= 0.6 is 0 Å². The Morgan fingerprint density at radius 1 is 1.00 bits per heavy atom. The topological polar surface area (TPSA) is 43.8 Å². The largest absolute Gasteiger partial charge is 0.392 e. The molecule has 2 aliphatic heterocycles. The Balaban J connectivity index is 1.42. The first-order chi connectivity index (χ1) is 13.6. The van der Waals surface area contributed by atoms with Crippen molar-refractivity contribution in [2.75, 3.05) is 26.2 Å². The Hall–Kier alpha value is -2.24. The molecule has 148 valence electrons. The molecule has 0 aliphatic carbocycles. The Morgan fingerprint density at radius 2 is 1.79 bits per heavy atom. The van der Waals surface area contributed by atoms with E-state index in [1.807, 2.05) is 17.0 Å². The number of hydrogen-bond acceptors (Lipinski definition) is 3. The molecular formula is C23H27FN2O2. The van der Waals surface area contributed by atoms with Crippen LogP contribution in [-0.2, 0) is 0 Å². The summed E-state index contributed by atoms with van der Waals surface area (Å²) in [5.41, 5.74) is 1.84. The summed E-state index contributed by atoms with van der Waals surface area (Å²) in [4.78, 5) is 17.3. The van der Waals surface area contributed by atoms with E-state index in [2.05, 4.69) is 4.90 Å². The van der Waals surface area contributed by atoms with Crippen LogP contribution in [0.5, 0.6) is 0 Å². The van der Waals surface area contributed by atoms with E-state index in [1.54, 1.807) is 30.3 Å². The lowest BCUT2D eigenvalue weighted by Crippen LogP contribution is -2.50. The second-order valence-corrected chi connectivity index (χ2v) is 7.88. The standard InChI is InChI=1S/C23H27FN2O2/c24-22-9-2-1-8-21(22)17-5-3-6-18(15-17)23(28)25-13-10-19(11-14-25)26-12-4-7-20(27)16-26/h1-3,5-6,8-9,15,19-20,27H,4,7,10-14,16H2/t20-/m0/s1. The molecule has 0 unspecified atom stereocenters. The van der Waals surface area contributed by atoms with Gasteiger partial charge in [-0.1, -0.05) is 30.3 Å². The van der Waals surface area contributed by atoms with Gasteiger partial charge in [-0.2, -0.15) is 0 Å². The number of nitrogens with zero attached hydrogens (tertiary/aromatic N) is 2. The van der Waals surface area contributed by atoms with Crippen LogP contribution < -0.4 is 0 Å². The minimum absolute atomic E-state index is 0.00955. The Kier molecular flexibility index (Phi) is 5.74. The zero-order chi connectivity index (χ0) is 19.5. The maximum absolute atomic E-state index is 14.1. The fraction of sp³-hybridized carbons (Fsp3) is 0.435. The molecule has 5 heteroatoms. The van der Waals surface area contributed by atoms with Crippen molar-refractivity contribution in [1.82, 2.24) is 9.80 Å². The number of benzene rings is 2. The summed E-state index contributed by atoms with van der Waals surface area (Å²) >= 11 is 0.